The maximum atomic E-state index is 13.2. The third-order valence-electron chi connectivity index (χ3n) is 5.99. The molecule has 152 valence electrons. The Hall–Kier alpha value is -2.89. The topological polar surface area (TPSA) is 73.0 Å². The van der Waals surface area contributed by atoms with Crippen molar-refractivity contribution in [1.29, 1.82) is 0 Å². The summed E-state index contributed by atoms with van der Waals surface area (Å²) in [5, 5.41) is 7.27. The van der Waals surface area contributed by atoms with Crippen LogP contribution in [0.1, 0.15) is 78.1 Å². The van der Waals surface area contributed by atoms with Crippen molar-refractivity contribution in [2.45, 2.75) is 65.3 Å². The molecule has 4 rings (SSSR count). The second kappa shape index (κ2) is 7.17. The number of nitrogens with zero attached hydrogens (tertiary/aromatic N) is 3. The lowest BCUT2D eigenvalue weighted by molar-refractivity contribution is 0.0804. The van der Waals surface area contributed by atoms with Gasteiger partial charge >= 0.3 is 0 Å². The molecule has 0 radical (unpaired) electrons. The minimum Gasteiger partial charge on any atom is -0.340 e. The van der Waals surface area contributed by atoms with Crippen LogP contribution in [0.2, 0.25) is 0 Å². The van der Waals surface area contributed by atoms with Crippen LogP contribution in [0.5, 0.6) is 0 Å². The standard InChI is InChI=1S/C23H28N4O2/c1-14(2)18-8-6-9-19(13-18)27-15(3)12-20(16(27)4)21(28)25-23(10-7-11-23)22-24-17(5)29-26-22/h6,8-9,12-14H,7,10-11H2,1-5H3,(H,25,28). The smallest absolute Gasteiger partial charge is 0.253 e. The molecule has 1 amide bonds. The minimum absolute atomic E-state index is 0.0912. The van der Waals surface area contributed by atoms with E-state index in [1.54, 1.807) is 6.92 Å². The van der Waals surface area contributed by atoms with Gasteiger partial charge in [-0.2, -0.15) is 4.98 Å². The SMILES string of the molecule is Cc1nc(C2(NC(=O)c3cc(C)n(-c4cccc(C(C)C)c4)c3C)CCC2)no1. The molecule has 2 aromatic heterocycles. The summed E-state index contributed by atoms with van der Waals surface area (Å²) < 4.78 is 7.30. The predicted molar refractivity (Wildman–Crippen MR) is 111 cm³/mol. The molecule has 1 aliphatic carbocycles. The van der Waals surface area contributed by atoms with Gasteiger partial charge in [-0.1, -0.05) is 31.1 Å². The summed E-state index contributed by atoms with van der Waals surface area (Å²) in [7, 11) is 0. The lowest BCUT2D eigenvalue weighted by Gasteiger charge is -2.39. The Labute approximate surface area is 171 Å². The zero-order valence-electron chi connectivity index (χ0n) is 17.7. The van der Waals surface area contributed by atoms with Gasteiger partial charge in [0.15, 0.2) is 5.82 Å². The molecule has 29 heavy (non-hydrogen) atoms. The molecule has 3 aromatic rings. The van der Waals surface area contributed by atoms with E-state index in [0.717, 1.165) is 36.3 Å². The van der Waals surface area contributed by atoms with Gasteiger partial charge in [0.2, 0.25) is 5.89 Å². The second-order valence-electron chi connectivity index (χ2n) is 8.40. The monoisotopic (exact) mass is 392 g/mol. The highest BCUT2D eigenvalue weighted by Crippen LogP contribution is 2.40. The van der Waals surface area contributed by atoms with Crippen LogP contribution in [0.25, 0.3) is 5.69 Å². The number of rotatable bonds is 5. The van der Waals surface area contributed by atoms with Crippen LogP contribution < -0.4 is 5.32 Å². The number of hydrogen-bond donors (Lipinski definition) is 1. The summed E-state index contributed by atoms with van der Waals surface area (Å²) in [6, 6.07) is 10.5. The lowest BCUT2D eigenvalue weighted by atomic mass is 9.76. The number of aromatic nitrogens is 3. The van der Waals surface area contributed by atoms with Gasteiger partial charge in [-0.05, 0) is 62.8 Å². The molecule has 6 nitrogen and oxygen atoms in total. The van der Waals surface area contributed by atoms with E-state index >= 15 is 0 Å². The van der Waals surface area contributed by atoms with Crippen LogP contribution in [0.4, 0.5) is 0 Å². The van der Waals surface area contributed by atoms with Crippen molar-refractivity contribution < 1.29 is 9.32 Å². The molecular formula is C23H28N4O2. The molecule has 0 spiro atoms. The molecule has 1 aromatic carbocycles. The summed E-state index contributed by atoms with van der Waals surface area (Å²) in [6.45, 7) is 10.2. The number of carbonyl (C=O) groups excluding carboxylic acids is 1. The number of nitrogens with one attached hydrogen (secondary N) is 1. The minimum atomic E-state index is -0.519. The fourth-order valence-electron chi connectivity index (χ4n) is 4.13. The third kappa shape index (κ3) is 3.37. The van der Waals surface area contributed by atoms with Crippen molar-refractivity contribution in [3.63, 3.8) is 0 Å². The third-order valence-corrected chi connectivity index (χ3v) is 5.99. The van der Waals surface area contributed by atoms with E-state index in [1.807, 2.05) is 19.9 Å². The van der Waals surface area contributed by atoms with Gasteiger partial charge < -0.3 is 14.4 Å². The first-order chi connectivity index (χ1) is 13.8. The van der Waals surface area contributed by atoms with E-state index in [4.69, 9.17) is 4.52 Å². The first-order valence-corrected chi connectivity index (χ1v) is 10.2. The van der Waals surface area contributed by atoms with E-state index in [2.05, 4.69) is 58.1 Å². The van der Waals surface area contributed by atoms with Crippen molar-refractivity contribution in [2.75, 3.05) is 0 Å². The Morgan fingerprint density at radius 2 is 1.97 bits per heavy atom. The van der Waals surface area contributed by atoms with Crippen LogP contribution in [-0.4, -0.2) is 20.6 Å². The maximum absolute atomic E-state index is 13.2. The van der Waals surface area contributed by atoms with E-state index in [0.29, 0.717) is 23.2 Å². The molecule has 0 atom stereocenters. The molecular weight excluding hydrogens is 364 g/mol. The Morgan fingerprint density at radius 1 is 1.21 bits per heavy atom. The summed E-state index contributed by atoms with van der Waals surface area (Å²) >= 11 is 0. The Kier molecular flexibility index (Phi) is 4.81. The number of aryl methyl sites for hydroxylation is 2. The van der Waals surface area contributed by atoms with Gasteiger partial charge in [-0.25, -0.2) is 0 Å². The highest BCUT2D eigenvalue weighted by molar-refractivity contribution is 5.96. The summed E-state index contributed by atoms with van der Waals surface area (Å²) in [5.74, 6) is 1.45. The Balaban J connectivity index is 1.65. The number of amides is 1. The van der Waals surface area contributed by atoms with Crippen LogP contribution in [0.3, 0.4) is 0 Å². The van der Waals surface area contributed by atoms with Crippen molar-refractivity contribution >= 4 is 5.91 Å². The van der Waals surface area contributed by atoms with Gasteiger partial charge in [-0.3, -0.25) is 4.79 Å². The molecule has 1 aliphatic rings. The zero-order chi connectivity index (χ0) is 20.8. The summed E-state index contributed by atoms with van der Waals surface area (Å²) in [5.41, 5.74) is 4.49. The van der Waals surface area contributed by atoms with E-state index < -0.39 is 5.54 Å². The first kappa shape index (κ1) is 19.4. The molecule has 0 aliphatic heterocycles. The van der Waals surface area contributed by atoms with Gasteiger partial charge in [0, 0.05) is 24.0 Å². The van der Waals surface area contributed by atoms with Crippen molar-refractivity contribution in [3.05, 3.63) is 64.6 Å². The quantitative estimate of drug-likeness (QED) is 0.682. The van der Waals surface area contributed by atoms with Crippen LogP contribution in [0, 0.1) is 20.8 Å². The maximum Gasteiger partial charge on any atom is 0.253 e. The van der Waals surface area contributed by atoms with Gasteiger partial charge in [0.25, 0.3) is 5.91 Å². The molecule has 0 unspecified atom stereocenters. The number of carbonyl (C=O) groups is 1. The normalized spacial score (nSPS) is 15.4. The largest absolute Gasteiger partial charge is 0.340 e. The van der Waals surface area contributed by atoms with Crippen molar-refractivity contribution in [2.24, 2.45) is 0 Å². The van der Waals surface area contributed by atoms with Gasteiger partial charge in [0.1, 0.15) is 5.54 Å². The molecule has 6 heteroatoms. The Morgan fingerprint density at radius 3 is 2.55 bits per heavy atom. The number of benzene rings is 1. The lowest BCUT2D eigenvalue weighted by Crippen LogP contribution is -2.51. The molecule has 0 bridgehead atoms. The molecule has 0 saturated heterocycles. The van der Waals surface area contributed by atoms with Crippen LogP contribution in [-0.2, 0) is 5.54 Å². The zero-order valence-corrected chi connectivity index (χ0v) is 17.7. The summed E-state index contributed by atoms with van der Waals surface area (Å²) in [4.78, 5) is 17.6. The predicted octanol–water partition coefficient (Wildman–Crippen LogP) is 4.72. The Bertz CT molecular complexity index is 1060. The molecule has 1 fully saturated rings. The number of hydrogen-bond acceptors (Lipinski definition) is 4. The van der Waals surface area contributed by atoms with Gasteiger partial charge in [-0.15, -0.1) is 0 Å². The molecule has 2 heterocycles. The van der Waals surface area contributed by atoms with E-state index in [1.165, 1.54) is 5.56 Å². The van der Waals surface area contributed by atoms with Gasteiger partial charge in [0.05, 0.1) is 5.56 Å². The fraction of sp³-hybridized carbons (Fsp3) is 0.435. The van der Waals surface area contributed by atoms with Crippen molar-refractivity contribution in [3.8, 4) is 5.69 Å². The fourth-order valence-corrected chi connectivity index (χ4v) is 4.13. The van der Waals surface area contributed by atoms with Crippen molar-refractivity contribution in [1.82, 2.24) is 20.0 Å². The van der Waals surface area contributed by atoms with Crippen LogP contribution >= 0.6 is 0 Å². The van der Waals surface area contributed by atoms with E-state index in [-0.39, 0.29) is 5.91 Å². The first-order valence-electron chi connectivity index (χ1n) is 10.2. The molecule has 1 N–H and O–H groups in total. The second-order valence-corrected chi connectivity index (χ2v) is 8.40. The average molecular weight is 393 g/mol. The average Bonchev–Trinajstić information content (AvgIpc) is 3.21. The van der Waals surface area contributed by atoms with E-state index in [9.17, 15) is 4.79 Å². The highest BCUT2D eigenvalue weighted by atomic mass is 16.5. The highest BCUT2D eigenvalue weighted by Gasteiger charge is 2.44. The summed E-state index contributed by atoms with van der Waals surface area (Å²) in [6.07, 6.45) is 2.69. The van der Waals surface area contributed by atoms with Crippen LogP contribution in [0.15, 0.2) is 34.9 Å². The molecule has 1 saturated carbocycles.